The lowest BCUT2D eigenvalue weighted by Crippen LogP contribution is -2.23. The molecule has 1 saturated carbocycles. The van der Waals surface area contributed by atoms with Crippen molar-refractivity contribution in [2.75, 3.05) is 11.9 Å². The van der Waals surface area contributed by atoms with Crippen molar-refractivity contribution in [1.29, 1.82) is 0 Å². The second kappa shape index (κ2) is 6.34. The van der Waals surface area contributed by atoms with Gasteiger partial charge in [-0.2, -0.15) is 0 Å². The van der Waals surface area contributed by atoms with Crippen LogP contribution in [0.15, 0.2) is 29.2 Å². The van der Waals surface area contributed by atoms with Gasteiger partial charge in [0, 0.05) is 18.0 Å². The Balaban J connectivity index is 1.76. The number of aromatic nitrogens is 2. The van der Waals surface area contributed by atoms with E-state index in [9.17, 15) is 13.2 Å². The van der Waals surface area contributed by atoms with Gasteiger partial charge < -0.3 is 0 Å². The number of hydrogen-bond acceptors (Lipinski definition) is 6. The van der Waals surface area contributed by atoms with Crippen LogP contribution in [0, 0.1) is 0 Å². The predicted octanol–water partition coefficient (Wildman–Crippen LogP) is 1.97. The van der Waals surface area contributed by atoms with E-state index in [-0.39, 0.29) is 17.0 Å². The minimum Gasteiger partial charge on any atom is -0.296 e. The van der Waals surface area contributed by atoms with Gasteiger partial charge in [0.1, 0.15) is 5.01 Å². The number of benzene rings is 1. The maximum atomic E-state index is 12.3. The van der Waals surface area contributed by atoms with Gasteiger partial charge in [-0.3, -0.25) is 10.1 Å². The number of carbonyl (C=O) groups is 1. The number of anilines is 1. The first kappa shape index (κ1) is 16.0. The molecule has 9 heteroatoms. The van der Waals surface area contributed by atoms with Crippen LogP contribution < -0.4 is 10.0 Å². The summed E-state index contributed by atoms with van der Waals surface area (Å²) in [4.78, 5) is 12.3. The van der Waals surface area contributed by atoms with E-state index < -0.39 is 15.9 Å². The van der Waals surface area contributed by atoms with E-state index in [1.54, 1.807) is 13.0 Å². The monoisotopic (exact) mass is 352 g/mol. The van der Waals surface area contributed by atoms with E-state index in [1.165, 1.54) is 29.5 Å². The van der Waals surface area contributed by atoms with Crippen molar-refractivity contribution in [2.45, 2.75) is 30.6 Å². The number of nitrogens with zero attached hydrogens (tertiary/aromatic N) is 2. The van der Waals surface area contributed by atoms with E-state index in [2.05, 4.69) is 20.2 Å². The fourth-order valence-electron chi connectivity index (χ4n) is 2.03. The Labute approximate surface area is 138 Å². The zero-order valence-electron chi connectivity index (χ0n) is 12.4. The van der Waals surface area contributed by atoms with Crippen LogP contribution in [-0.4, -0.2) is 31.1 Å². The Morgan fingerprint density at radius 2 is 2.13 bits per heavy atom. The molecule has 1 amide bonds. The Hall–Kier alpha value is -1.84. The molecule has 1 aromatic carbocycles. The maximum Gasteiger partial charge on any atom is 0.257 e. The molecule has 3 rings (SSSR count). The molecule has 2 aromatic rings. The van der Waals surface area contributed by atoms with Gasteiger partial charge in [-0.1, -0.05) is 24.3 Å². The molecular formula is C14H16N4O3S2. The minimum absolute atomic E-state index is 0.0583. The van der Waals surface area contributed by atoms with Crippen LogP contribution in [0.2, 0.25) is 0 Å². The fourth-order valence-corrected chi connectivity index (χ4v) is 4.02. The predicted molar refractivity (Wildman–Crippen MR) is 87.1 cm³/mol. The molecular weight excluding hydrogens is 336 g/mol. The van der Waals surface area contributed by atoms with Gasteiger partial charge in [0.2, 0.25) is 15.2 Å². The molecule has 0 aliphatic heterocycles. The summed E-state index contributed by atoms with van der Waals surface area (Å²) in [5, 5.41) is 12.0. The van der Waals surface area contributed by atoms with Crippen LogP contribution in [-0.2, 0) is 10.0 Å². The molecule has 0 unspecified atom stereocenters. The summed E-state index contributed by atoms with van der Waals surface area (Å²) in [7, 11) is -3.59. The lowest BCUT2D eigenvalue weighted by molar-refractivity contribution is 0.102. The molecule has 0 spiro atoms. The molecule has 1 fully saturated rings. The highest BCUT2D eigenvalue weighted by Crippen LogP contribution is 2.42. The molecule has 1 aliphatic carbocycles. The van der Waals surface area contributed by atoms with Gasteiger partial charge in [0.15, 0.2) is 0 Å². The Morgan fingerprint density at radius 1 is 1.35 bits per heavy atom. The van der Waals surface area contributed by atoms with Crippen molar-refractivity contribution < 1.29 is 13.2 Å². The van der Waals surface area contributed by atoms with Crippen molar-refractivity contribution in [1.82, 2.24) is 14.9 Å². The Bertz CT molecular complexity index is 828. The summed E-state index contributed by atoms with van der Waals surface area (Å²) in [5.41, 5.74) is 0.257. The normalized spacial score (nSPS) is 14.7. The summed E-state index contributed by atoms with van der Waals surface area (Å²) in [5.74, 6) is 0.0730. The highest BCUT2D eigenvalue weighted by Gasteiger charge is 2.27. The molecule has 122 valence electrons. The molecule has 1 aliphatic rings. The number of amides is 1. The number of hydrogen-bond donors (Lipinski definition) is 2. The Kier molecular flexibility index (Phi) is 4.42. The van der Waals surface area contributed by atoms with E-state index in [1.807, 2.05) is 0 Å². The van der Waals surface area contributed by atoms with Gasteiger partial charge in [-0.05, 0) is 31.0 Å². The third-order valence-electron chi connectivity index (χ3n) is 3.33. The summed E-state index contributed by atoms with van der Waals surface area (Å²) in [6.07, 6.45) is 2.24. The summed E-state index contributed by atoms with van der Waals surface area (Å²) in [6.45, 7) is 1.98. The van der Waals surface area contributed by atoms with Gasteiger partial charge in [-0.25, -0.2) is 13.1 Å². The standard InChI is InChI=1S/C14H16N4O3S2/c1-2-15-23(20,21)11-5-3-4-10(8-11)12(19)16-14-18-17-13(22-14)9-6-7-9/h3-5,8-9,15H,2,6-7H2,1H3,(H,16,18,19). The fraction of sp³-hybridized carbons (Fsp3) is 0.357. The van der Waals surface area contributed by atoms with Gasteiger partial charge >= 0.3 is 0 Å². The molecule has 0 saturated heterocycles. The van der Waals surface area contributed by atoms with Crippen LogP contribution in [0.25, 0.3) is 0 Å². The van der Waals surface area contributed by atoms with Crippen molar-refractivity contribution in [3.05, 3.63) is 34.8 Å². The van der Waals surface area contributed by atoms with Gasteiger partial charge in [0.05, 0.1) is 4.90 Å². The highest BCUT2D eigenvalue weighted by atomic mass is 32.2. The number of sulfonamides is 1. The maximum absolute atomic E-state index is 12.3. The zero-order chi connectivity index (χ0) is 16.4. The second-order valence-electron chi connectivity index (χ2n) is 5.20. The highest BCUT2D eigenvalue weighted by molar-refractivity contribution is 7.89. The van der Waals surface area contributed by atoms with E-state index in [0.29, 0.717) is 11.0 Å². The molecule has 1 aromatic heterocycles. The zero-order valence-corrected chi connectivity index (χ0v) is 14.1. The number of rotatable bonds is 6. The van der Waals surface area contributed by atoms with Gasteiger partial charge in [0.25, 0.3) is 5.91 Å². The third-order valence-corrected chi connectivity index (χ3v) is 5.87. The van der Waals surface area contributed by atoms with Crippen molar-refractivity contribution >= 4 is 32.4 Å². The first-order chi connectivity index (χ1) is 11.0. The SMILES string of the molecule is CCNS(=O)(=O)c1cccc(C(=O)Nc2nnc(C3CC3)s2)c1. The van der Waals surface area contributed by atoms with Crippen LogP contribution in [0.1, 0.15) is 41.0 Å². The topological polar surface area (TPSA) is 101 Å². The quantitative estimate of drug-likeness (QED) is 0.828. The average molecular weight is 352 g/mol. The lowest BCUT2D eigenvalue weighted by Gasteiger charge is -2.06. The molecule has 1 heterocycles. The Morgan fingerprint density at radius 3 is 2.83 bits per heavy atom. The van der Waals surface area contributed by atoms with Crippen LogP contribution in [0.5, 0.6) is 0 Å². The molecule has 23 heavy (non-hydrogen) atoms. The van der Waals surface area contributed by atoms with Crippen LogP contribution in [0.4, 0.5) is 5.13 Å². The summed E-state index contributed by atoms with van der Waals surface area (Å²) < 4.78 is 26.4. The third kappa shape index (κ3) is 3.74. The lowest BCUT2D eigenvalue weighted by atomic mass is 10.2. The number of carbonyl (C=O) groups excluding carboxylic acids is 1. The summed E-state index contributed by atoms with van der Waals surface area (Å²) >= 11 is 1.36. The molecule has 0 bridgehead atoms. The van der Waals surface area contributed by atoms with Crippen LogP contribution >= 0.6 is 11.3 Å². The number of nitrogens with one attached hydrogen (secondary N) is 2. The first-order valence-corrected chi connectivity index (χ1v) is 9.54. The minimum atomic E-state index is -3.59. The van der Waals surface area contributed by atoms with E-state index >= 15 is 0 Å². The first-order valence-electron chi connectivity index (χ1n) is 7.24. The van der Waals surface area contributed by atoms with Gasteiger partial charge in [-0.15, -0.1) is 10.2 Å². The van der Waals surface area contributed by atoms with Crippen LogP contribution in [0.3, 0.4) is 0 Å². The smallest absolute Gasteiger partial charge is 0.257 e. The summed E-state index contributed by atoms with van der Waals surface area (Å²) in [6, 6.07) is 5.89. The van der Waals surface area contributed by atoms with E-state index in [0.717, 1.165) is 17.8 Å². The van der Waals surface area contributed by atoms with Crippen molar-refractivity contribution in [3.8, 4) is 0 Å². The molecule has 2 N–H and O–H groups in total. The van der Waals surface area contributed by atoms with E-state index in [4.69, 9.17) is 0 Å². The molecule has 7 nitrogen and oxygen atoms in total. The average Bonchev–Trinajstić information content (AvgIpc) is 3.28. The molecule has 0 atom stereocenters. The molecule has 0 radical (unpaired) electrons. The second-order valence-corrected chi connectivity index (χ2v) is 7.98. The van der Waals surface area contributed by atoms with Crippen molar-refractivity contribution in [2.24, 2.45) is 0 Å². The largest absolute Gasteiger partial charge is 0.296 e. The van der Waals surface area contributed by atoms with Crippen molar-refractivity contribution in [3.63, 3.8) is 0 Å².